The highest BCUT2D eigenvalue weighted by molar-refractivity contribution is 7.89. The van der Waals surface area contributed by atoms with Gasteiger partial charge in [0.15, 0.2) is 4.80 Å². The summed E-state index contributed by atoms with van der Waals surface area (Å²) in [4.78, 5) is 42.1. The van der Waals surface area contributed by atoms with Gasteiger partial charge in [-0.3, -0.25) is 9.59 Å². The van der Waals surface area contributed by atoms with Crippen molar-refractivity contribution in [1.82, 2.24) is 8.87 Å². The number of amides is 1. The number of esters is 2. The van der Waals surface area contributed by atoms with Gasteiger partial charge in [0, 0.05) is 18.7 Å². The monoisotopic (exact) mass is 575 g/mol. The number of carbonyl (C=O) groups excluding carboxylic acids is 3. The van der Waals surface area contributed by atoms with Crippen LogP contribution in [-0.2, 0) is 30.8 Å². The van der Waals surface area contributed by atoms with Crippen LogP contribution in [0.3, 0.4) is 0 Å². The third kappa shape index (κ3) is 7.20. The quantitative estimate of drug-likeness (QED) is 0.299. The molecule has 0 bridgehead atoms. The molecular formula is C27H33N3O7S2. The van der Waals surface area contributed by atoms with Crippen LogP contribution in [0.2, 0.25) is 0 Å². The van der Waals surface area contributed by atoms with E-state index in [0.717, 1.165) is 24.2 Å². The third-order valence-corrected chi connectivity index (χ3v) is 8.87. The Bertz CT molecular complexity index is 1510. The maximum absolute atomic E-state index is 13.1. The Morgan fingerprint density at radius 2 is 1.62 bits per heavy atom. The smallest absolute Gasteiger partial charge is 0.338 e. The van der Waals surface area contributed by atoms with Crippen LogP contribution in [0.4, 0.5) is 0 Å². The van der Waals surface area contributed by atoms with Crippen molar-refractivity contribution >= 4 is 49.4 Å². The molecule has 0 saturated carbocycles. The van der Waals surface area contributed by atoms with Gasteiger partial charge in [-0.1, -0.05) is 31.6 Å². The van der Waals surface area contributed by atoms with Crippen LogP contribution >= 0.6 is 11.3 Å². The van der Waals surface area contributed by atoms with Gasteiger partial charge in [-0.25, -0.2) is 13.2 Å². The maximum atomic E-state index is 13.1. The molecule has 0 saturated heterocycles. The predicted octanol–water partition coefficient (Wildman–Crippen LogP) is 3.99. The lowest BCUT2D eigenvalue weighted by atomic mass is 10.2. The van der Waals surface area contributed by atoms with E-state index >= 15 is 0 Å². The van der Waals surface area contributed by atoms with Crippen LogP contribution in [0, 0.1) is 0 Å². The van der Waals surface area contributed by atoms with Crippen molar-refractivity contribution in [2.45, 2.75) is 52.0 Å². The van der Waals surface area contributed by atoms with E-state index in [1.807, 2.05) is 6.92 Å². The molecule has 0 aliphatic heterocycles. The van der Waals surface area contributed by atoms with E-state index in [-0.39, 0.29) is 35.0 Å². The fourth-order valence-corrected chi connectivity index (χ4v) is 6.40. The average molecular weight is 576 g/mol. The second-order valence-corrected chi connectivity index (χ2v) is 11.4. The van der Waals surface area contributed by atoms with Crippen LogP contribution in [0.25, 0.3) is 10.2 Å². The molecule has 0 aliphatic rings. The zero-order chi connectivity index (χ0) is 28.6. The highest BCUT2D eigenvalue weighted by atomic mass is 32.2. The number of hydrogen-bond donors (Lipinski definition) is 0. The topological polar surface area (TPSA) is 124 Å². The summed E-state index contributed by atoms with van der Waals surface area (Å²) in [5, 5.41) is 0. The van der Waals surface area contributed by atoms with Gasteiger partial charge >= 0.3 is 11.9 Å². The van der Waals surface area contributed by atoms with Gasteiger partial charge in [0.1, 0.15) is 6.54 Å². The summed E-state index contributed by atoms with van der Waals surface area (Å²) < 4.78 is 39.7. The number of hydrogen-bond acceptors (Lipinski definition) is 8. The number of thiazole rings is 1. The standard InChI is InChI=1S/C27H33N3O7S2/c1-5-9-16-29(6-2)39(34,35)21-13-10-19(11-14-21)25(32)28-27-30(18-24(31)36-7-3)22-15-12-20(17-23(22)38-27)26(33)37-8-4/h10-15,17H,5-9,16,18H2,1-4H3. The number of benzene rings is 2. The van der Waals surface area contributed by atoms with E-state index in [1.54, 1.807) is 43.5 Å². The van der Waals surface area contributed by atoms with Gasteiger partial charge in [0.2, 0.25) is 10.0 Å². The molecule has 1 amide bonds. The summed E-state index contributed by atoms with van der Waals surface area (Å²) in [5.41, 5.74) is 1.13. The number of sulfonamides is 1. The third-order valence-electron chi connectivity index (χ3n) is 5.84. The Morgan fingerprint density at radius 1 is 0.949 bits per heavy atom. The SMILES string of the molecule is CCCCN(CC)S(=O)(=O)c1ccc(C(=O)N=c2sc3cc(C(=O)OCC)ccc3n2CC(=O)OCC)cc1. The molecule has 0 unspecified atom stereocenters. The lowest BCUT2D eigenvalue weighted by Gasteiger charge is -2.20. The molecule has 0 aliphatic carbocycles. The van der Waals surface area contributed by atoms with Gasteiger partial charge in [-0.2, -0.15) is 9.30 Å². The van der Waals surface area contributed by atoms with Crippen molar-refractivity contribution in [3.05, 3.63) is 58.4 Å². The van der Waals surface area contributed by atoms with Crippen LogP contribution in [0.5, 0.6) is 0 Å². The van der Waals surface area contributed by atoms with Gasteiger partial charge < -0.3 is 14.0 Å². The summed E-state index contributed by atoms with van der Waals surface area (Å²) in [5.74, 6) is -1.59. The summed E-state index contributed by atoms with van der Waals surface area (Å²) in [6, 6.07) is 10.5. The first-order chi connectivity index (χ1) is 18.7. The molecule has 3 aromatic rings. The normalized spacial score (nSPS) is 12.2. The number of carbonyl (C=O) groups is 3. The second-order valence-electron chi connectivity index (χ2n) is 8.47. The van der Waals surface area contributed by atoms with Gasteiger partial charge in [0.05, 0.1) is 33.9 Å². The van der Waals surface area contributed by atoms with Crippen LogP contribution in [-0.4, -0.2) is 61.4 Å². The zero-order valence-electron chi connectivity index (χ0n) is 22.5. The molecule has 1 aromatic heterocycles. The van der Waals surface area contributed by atoms with Gasteiger partial charge in [0.25, 0.3) is 5.91 Å². The van der Waals surface area contributed by atoms with Crippen molar-refractivity contribution < 1.29 is 32.3 Å². The largest absolute Gasteiger partial charge is 0.465 e. The van der Waals surface area contributed by atoms with E-state index in [2.05, 4.69) is 4.99 Å². The van der Waals surface area contributed by atoms with Gasteiger partial charge in [-0.15, -0.1) is 0 Å². The first kappa shape index (κ1) is 30.2. The van der Waals surface area contributed by atoms with E-state index in [4.69, 9.17) is 9.47 Å². The lowest BCUT2D eigenvalue weighted by molar-refractivity contribution is -0.143. The summed E-state index contributed by atoms with van der Waals surface area (Å²) in [6.07, 6.45) is 1.63. The van der Waals surface area contributed by atoms with Gasteiger partial charge in [-0.05, 0) is 62.7 Å². The average Bonchev–Trinajstić information content (AvgIpc) is 3.25. The van der Waals surface area contributed by atoms with Crippen molar-refractivity contribution in [2.24, 2.45) is 4.99 Å². The predicted molar refractivity (Wildman–Crippen MR) is 148 cm³/mol. The molecule has 1 heterocycles. The molecule has 10 nitrogen and oxygen atoms in total. The Kier molecular flexibility index (Phi) is 10.6. The van der Waals surface area contributed by atoms with E-state index in [9.17, 15) is 22.8 Å². The fourth-order valence-electron chi connectivity index (χ4n) is 3.84. The van der Waals surface area contributed by atoms with Crippen molar-refractivity contribution in [3.8, 4) is 0 Å². The number of unbranched alkanes of at least 4 members (excludes halogenated alkanes) is 1. The van der Waals surface area contributed by atoms with Crippen LogP contribution in [0.15, 0.2) is 52.4 Å². The first-order valence-electron chi connectivity index (χ1n) is 12.8. The molecule has 3 rings (SSSR count). The van der Waals surface area contributed by atoms with E-state index < -0.39 is 27.9 Å². The molecule has 0 spiro atoms. The fraction of sp³-hybridized carbons (Fsp3) is 0.407. The molecule has 0 atom stereocenters. The Balaban J connectivity index is 1.99. The minimum atomic E-state index is -3.68. The van der Waals surface area contributed by atoms with Crippen LogP contribution < -0.4 is 4.80 Å². The molecule has 12 heteroatoms. The van der Waals surface area contributed by atoms with Crippen molar-refractivity contribution in [1.29, 1.82) is 0 Å². The number of ether oxygens (including phenoxy) is 2. The van der Waals surface area contributed by atoms with E-state index in [0.29, 0.717) is 28.9 Å². The number of rotatable bonds is 12. The molecule has 0 radical (unpaired) electrons. The zero-order valence-corrected chi connectivity index (χ0v) is 24.1. The molecule has 39 heavy (non-hydrogen) atoms. The lowest BCUT2D eigenvalue weighted by Crippen LogP contribution is -2.31. The second kappa shape index (κ2) is 13.6. The maximum Gasteiger partial charge on any atom is 0.338 e. The molecule has 2 aromatic carbocycles. The Morgan fingerprint density at radius 3 is 2.23 bits per heavy atom. The van der Waals surface area contributed by atoms with Crippen molar-refractivity contribution in [2.75, 3.05) is 26.3 Å². The molecule has 210 valence electrons. The summed E-state index contributed by atoms with van der Waals surface area (Å²) >= 11 is 1.14. The Labute approximate surface area is 231 Å². The summed E-state index contributed by atoms with van der Waals surface area (Å²) in [7, 11) is -3.68. The highest BCUT2D eigenvalue weighted by Crippen LogP contribution is 2.21. The molecule has 0 N–H and O–H groups in total. The number of fused-ring (bicyclic) bond motifs is 1. The minimum absolute atomic E-state index is 0.0998. The first-order valence-corrected chi connectivity index (χ1v) is 15.1. The number of nitrogens with zero attached hydrogens (tertiary/aromatic N) is 3. The number of aromatic nitrogens is 1. The molecular weight excluding hydrogens is 542 g/mol. The minimum Gasteiger partial charge on any atom is -0.465 e. The Hall–Kier alpha value is -3.35. The van der Waals surface area contributed by atoms with Crippen LogP contribution in [0.1, 0.15) is 61.3 Å². The van der Waals surface area contributed by atoms with Crippen molar-refractivity contribution in [3.63, 3.8) is 0 Å². The van der Waals surface area contributed by atoms with E-state index in [1.165, 1.54) is 28.6 Å². The molecule has 0 fully saturated rings. The highest BCUT2D eigenvalue weighted by Gasteiger charge is 2.23. The summed E-state index contributed by atoms with van der Waals surface area (Å²) in [6.45, 7) is 8.22.